The van der Waals surface area contributed by atoms with E-state index in [9.17, 15) is 4.79 Å². The number of aliphatic hydroxyl groups excluding tert-OH is 1. The molecule has 0 aliphatic heterocycles. The van der Waals surface area contributed by atoms with Gasteiger partial charge in [-0.1, -0.05) is 6.92 Å². The quantitative estimate of drug-likeness (QED) is 0.742. The number of carbonyl (C=O) groups excluding carboxylic acids is 1. The van der Waals surface area contributed by atoms with Crippen molar-refractivity contribution in [3.05, 3.63) is 0 Å². The Labute approximate surface area is 104 Å². The fourth-order valence-electron chi connectivity index (χ4n) is 2.09. The lowest BCUT2D eigenvalue weighted by molar-refractivity contribution is -0.128. The Kier molecular flexibility index (Phi) is 6.52. The van der Waals surface area contributed by atoms with E-state index in [1.165, 1.54) is 0 Å². The van der Waals surface area contributed by atoms with E-state index in [0.29, 0.717) is 5.92 Å². The topological polar surface area (TPSA) is 58.6 Å². The van der Waals surface area contributed by atoms with E-state index in [1.807, 2.05) is 13.8 Å². The average Bonchev–Trinajstić information content (AvgIpc) is 2.36. The van der Waals surface area contributed by atoms with Crippen molar-refractivity contribution in [2.45, 2.75) is 58.1 Å². The average molecular weight is 243 g/mol. The van der Waals surface area contributed by atoms with Crippen molar-refractivity contribution in [1.29, 1.82) is 0 Å². The van der Waals surface area contributed by atoms with Crippen LogP contribution in [0.5, 0.6) is 0 Å². The van der Waals surface area contributed by atoms with Gasteiger partial charge in [-0.3, -0.25) is 4.79 Å². The normalized spacial score (nSPS) is 26.5. The molecule has 0 bridgehead atoms. The van der Waals surface area contributed by atoms with Crippen LogP contribution in [0.3, 0.4) is 0 Å². The third kappa shape index (κ3) is 5.50. The molecule has 0 aromatic carbocycles. The monoisotopic (exact) mass is 243 g/mol. The Morgan fingerprint density at radius 3 is 2.59 bits per heavy atom. The number of carbonyl (C=O) groups is 1. The first kappa shape index (κ1) is 14.5. The fourth-order valence-corrected chi connectivity index (χ4v) is 2.09. The Balaban J connectivity index is 2.15. The molecule has 0 heterocycles. The standard InChI is InChI=1S/C13H25NO3/c1-3-10(2)17-9-13(16)14-12-6-4-11(8-15)5-7-12/h10-12,15H,3-9H2,1-2H3,(H,14,16)/t10-,11?,12?/m0/s1. The molecular weight excluding hydrogens is 218 g/mol. The molecule has 100 valence electrons. The third-order valence-electron chi connectivity index (χ3n) is 3.54. The minimum atomic E-state index is -0.0160. The number of hydrogen-bond donors (Lipinski definition) is 2. The molecule has 1 rings (SSSR count). The number of rotatable bonds is 6. The Bertz CT molecular complexity index is 225. The summed E-state index contributed by atoms with van der Waals surface area (Å²) in [4.78, 5) is 11.6. The zero-order valence-electron chi connectivity index (χ0n) is 10.9. The van der Waals surface area contributed by atoms with Gasteiger partial charge in [0.1, 0.15) is 6.61 Å². The fraction of sp³-hybridized carbons (Fsp3) is 0.923. The van der Waals surface area contributed by atoms with Crippen LogP contribution in [-0.2, 0) is 9.53 Å². The van der Waals surface area contributed by atoms with Crippen LogP contribution in [0.1, 0.15) is 46.0 Å². The Morgan fingerprint density at radius 2 is 2.06 bits per heavy atom. The zero-order valence-corrected chi connectivity index (χ0v) is 10.9. The van der Waals surface area contributed by atoms with E-state index in [0.717, 1.165) is 32.1 Å². The molecule has 1 amide bonds. The van der Waals surface area contributed by atoms with Crippen LogP contribution in [0.15, 0.2) is 0 Å². The summed E-state index contributed by atoms with van der Waals surface area (Å²) in [6, 6.07) is 0.269. The molecule has 0 spiro atoms. The van der Waals surface area contributed by atoms with E-state index >= 15 is 0 Å². The largest absolute Gasteiger partial charge is 0.396 e. The van der Waals surface area contributed by atoms with E-state index in [2.05, 4.69) is 5.32 Å². The highest BCUT2D eigenvalue weighted by molar-refractivity contribution is 5.77. The first-order valence-corrected chi connectivity index (χ1v) is 6.67. The van der Waals surface area contributed by atoms with Crippen molar-refractivity contribution in [3.63, 3.8) is 0 Å². The van der Waals surface area contributed by atoms with Crippen LogP contribution >= 0.6 is 0 Å². The maximum Gasteiger partial charge on any atom is 0.246 e. The maximum atomic E-state index is 11.6. The van der Waals surface area contributed by atoms with Gasteiger partial charge in [-0.2, -0.15) is 0 Å². The second kappa shape index (κ2) is 7.67. The highest BCUT2D eigenvalue weighted by Crippen LogP contribution is 2.23. The number of ether oxygens (including phenoxy) is 1. The van der Waals surface area contributed by atoms with Gasteiger partial charge in [-0.05, 0) is 44.9 Å². The number of hydrogen-bond acceptors (Lipinski definition) is 3. The molecule has 0 unspecified atom stereocenters. The molecular formula is C13H25NO3. The van der Waals surface area contributed by atoms with Crippen LogP contribution in [0, 0.1) is 5.92 Å². The van der Waals surface area contributed by atoms with Gasteiger partial charge in [-0.25, -0.2) is 0 Å². The van der Waals surface area contributed by atoms with Crippen molar-refractivity contribution < 1.29 is 14.6 Å². The maximum absolute atomic E-state index is 11.6. The van der Waals surface area contributed by atoms with Gasteiger partial charge < -0.3 is 15.2 Å². The highest BCUT2D eigenvalue weighted by atomic mass is 16.5. The van der Waals surface area contributed by atoms with Crippen molar-refractivity contribution in [1.82, 2.24) is 5.32 Å². The van der Waals surface area contributed by atoms with Crippen LogP contribution in [0.25, 0.3) is 0 Å². The van der Waals surface area contributed by atoms with Crippen LogP contribution < -0.4 is 5.32 Å². The SMILES string of the molecule is CC[C@H](C)OCC(=O)NC1CCC(CO)CC1. The summed E-state index contributed by atoms with van der Waals surface area (Å²) in [6.07, 6.45) is 5.03. The van der Waals surface area contributed by atoms with Gasteiger partial charge in [0.05, 0.1) is 6.10 Å². The molecule has 4 nitrogen and oxygen atoms in total. The van der Waals surface area contributed by atoms with Gasteiger partial charge in [0.15, 0.2) is 0 Å². The predicted octanol–water partition coefficient (Wildman–Crippen LogP) is 1.47. The van der Waals surface area contributed by atoms with Gasteiger partial charge in [0.25, 0.3) is 0 Å². The van der Waals surface area contributed by atoms with E-state index in [1.54, 1.807) is 0 Å². The van der Waals surface area contributed by atoms with Crippen LogP contribution in [0.2, 0.25) is 0 Å². The van der Waals surface area contributed by atoms with Crippen molar-refractivity contribution in [3.8, 4) is 0 Å². The molecule has 4 heteroatoms. The van der Waals surface area contributed by atoms with Crippen LogP contribution in [0.4, 0.5) is 0 Å². The molecule has 0 radical (unpaired) electrons. The minimum Gasteiger partial charge on any atom is -0.396 e. The van der Waals surface area contributed by atoms with Gasteiger partial charge in [0, 0.05) is 12.6 Å². The highest BCUT2D eigenvalue weighted by Gasteiger charge is 2.21. The molecule has 1 aliphatic rings. The summed E-state index contributed by atoms with van der Waals surface area (Å²) in [5.41, 5.74) is 0. The van der Waals surface area contributed by atoms with Gasteiger partial charge >= 0.3 is 0 Å². The summed E-state index contributed by atoms with van der Waals surface area (Å²) in [6.45, 7) is 4.45. The van der Waals surface area contributed by atoms with Crippen molar-refractivity contribution in [2.75, 3.05) is 13.2 Å². The lowest BCUT2D eigenvalue weighted by atomic mass is 9.86. The Hall–Kier alpha value is -0.610. The molecule has 0 aromatic rings. The first-order chi connectivity index (χ1) is 8.15. The molecule has 1 aliphatic carbocycles. The van der Waals surface area contributed by atoms with E-state index in [4.69, 9.17) is 9.84 Å². The summed E-state index contributed by atoms with van der Waals surface area (Å²) >= 11 is 0. The number of nitrogens with one attached hydrogen (secondary N) is 1. The van der Waals surface area contributed by atoms with Crippen LogP contribution in [-0.4, -0.2) is 36.4 Å². The third-order valence-corrected chi connectivity index (χ3v) is 3.54. The first-order valence-electron chi connectivity index (χ1n) is 6.67. The number of aliphatic hydroxyl groups is 1. The summed E-state index contributed by atoms with van der Waals surface area (Å²) in [5, 5.41) is 12.0. The van der Waals surface area contributed by atoms with E-state index in [-0.39, 0.29) is 31.3 Å². The predicted molar refractivity (Wildman–Crippen MR) is 66.7 cm³/mol. The van der Waals surface area contributed by atoms with E-state index < -0.39 is 0 Å². The summed E-state index contributed by atoms with van der Waals surface area (Å²) in [7, 11) is 0. The molecule has 0 aromatic heterocycles. The zero-order chi connectivity index (χ0) is 12.7. The van der Waals surface area contributed by atoms with Crippen molar-refractivity contribution in [2.24, 2.45) is 5.92 Å². The second-order valence-corrected chi connectivity index (χ2v) is 5.00. The summed E-state index contributed by atoms with van der Waals surface area (Å²) in [5.74, 6) is 0.414. The van der Waals surface area contributed by atoms with Gasteiger partial charge in [0.2, 0.25) is 5.91 Å². The summed E-state index contributed by atoms with van der Waals surface area (Å²) < 4.78 is 5.38. The lowest BCUT2D eigenvalue weighted by Crippen LogP contribution is -2.40. The molecule has 1 fully saturated rings. The van der Waals surface area contributed by atoms with Crippen molar-refractivity contribution >= 4 is 5.91 Å². The number of amides is 1. The molecule has 17 heavy (non-hydrogen) atoms. The second-order valence-electron chi connectivity index (χ2n) is 5.00. The smallest absolute Gasteiger partial charge is 0.246 e. The molecule has 1 saturated carbocycles. The molecule has 0 saturated heterocycles. The molecule has 2 N–H and O–H groups in total. The lowest BCUT2D eigenvalue weighted by Gasteiger charge is -2.28. The minimum absolute atomic E-state index is 0.0160. The Morgan fingerprint density at radius 1 is 1.41 bits per heavy atom. The molecule has 1 atom stereocenters. The van der Waals surface area contributed by atoms with Gasteiger partial charge in [-0.15, -0.1) is 0 Å².